The van der Waals surface area contributed by atoms with Gasteiger partial charge in [-0.2, -0.15) is 0 Å². The van der Waals surface area contributed by atoms with Gasteiger partial charge in [-0.15, -0.1) is 0 Å². The molecule has 6 heteroatoms. The molecule has 5 nitrogen and oxygen atoms in total. The number of rotatable bonds is 5. The third-order valence-electron chi connectivity index (χ3n) is 4.99. The minimum atomic E-state index is -0.366. The molecule has 3 aromatic carbocycles. The Balaban J connectivity index is 1.50. The van der Waals surface area contributed by atoms with E-state index in [0.717, 1.165) is 39.7 Å². The predicted octanol–water partition coefficient (Wildman–Crippen LogP) is 4.88. The zero-order valence-electron chi connectivity index (χ0n) is 16.9. The Morgan fingerprint density at radius 2 is 1.68 bits per heavy atom. The summed E-state index contributed by atoms with van der Waals surface area (Å²) < 4.78 is 0. The minimum absolute atomic E-state index is 0.0206. The maximum absolute atomic E-state index is 12.7. The van der Waals surface area contributed by atoms with Crippen molar-refractivity contribution in [3.63, 3.8) is 0 Å². The van der Waals surface area contributed by atoms with E-state index in [4.69, 9.17) is 0 Å². The largest absolute Gasteiger partial charge is 0.315 e. The number of amides is 3. The van der Waals surface area contributed by atoms with Crippen molar-refractivity contribution in [2.45, 2.75) is 6.42 Å². The SMILES string of the molecule is CN(C(=O)Cc1ccccc1)c1cccc(-c2ccc(C=C3SC(=O)NC3=O)cc2)c1. The molecule has 1 aliphatic rings. The summed E-state index contributed by atoms with van der Waals surface area (Å²) in [6.45, 7) is 0. The van der Waals surface area contributed by atoms with Crippen LogP contribution < -0.4 is 10.2 Å². The van der Waals surface area contributed by atoms with Crippen LogP contribution in [0.4, 0.5) is 10.5 Å². The number of carbonyl (C=O) groups is 3. The van der Waals surface area contributed by atoms with E-state index in [1.807, 2.05) is 78.9 Å². The molecule has 1 aliphatic heterocycles. The molecule has 154 valence electrons. The molecular weight excluding hydrogens is 408 g/mol. The highest BCUT2D eigenvalue weighted by atomic mass is 32.2. The summed E-state index contributed by atoms with van der Waals surface area (Å²) in [7, 11) is 1.78. The van der Waals surface area contributed by atoms with Gasteiger partial charge >= 0.3 is 0 Å². The Morgan fingerprint density at radius 3 is 2.35 bits per heavy atom. The van der Waals surface area contributed by atoms with Crippen LogP contribution in [-0.2, 0) is 16.0 Å². The molecule has 0 atom stereocenters. The van der Waals surface area contributed by atoms with Gasteiger partial charge in [0.05, 0.1) is 11.3 Å². The monoisotopic (exact) mass is 428 g/mol. The summed E-state index contributed by atoms with van der Waals surface area (Å²) in [6.07, 6.45) is 2.04. The lowest BCUT2D eigenvalue weighted by Gasteiger charge is -2.18. The summed E-state index contributed by atoms with van der Waals surface area (Å²) in [5.41, 5.74) is 4.62. The summed E-state index contributed by atoms with van der Waals surface area (Å²) >= 11 is 0.901. The highest BCUT2D eigenvalue weighted by Gasteiger charge is 2.24. The van der Waals surface area contributed by atoms with E-state index < -0.39 is 0 Å². The third kappa shape index (κ3) is 4.92. The average molecular weight is 429 g/mol. The molecule has 1 fully saturated rings. The highest BCUT2D eigenvalue weighted by Crippen LogP contribution is 2.28. The lowest BCUT2D eigenvalue weighted by Crippen LogP contribution is -2.27. The van der Waals surface area contributed by atoms with Crippen LogP contribution in [-0.4, -0.2) is 24.1 Å². The molecule has 0 spiro atoms. The van der Waals surface area contributed by atoms with Crippen LogP contribution in [0.25, 0.3) is 17.2 Å². The quantitative estimate of drug-likeness (QED) is 0.588. The second kappa shape index (κ2) is 9.02. The van der Waals surface area contributed by atoms with Gasteiger partial charge in [0.1, 0.15) is 0 Å². The molecule has 3 aromatic rings. The van der Waals surface area contributed by atoms with Gasteiger partial charge < -0.3 is 4.90 Å². The molecule has 3 amide bonds. The number of nitrogens with one attached hydrogen (secondary N) is 1. The maximum Gasteiger partial charge on any atom is 0.290 e. The predicted molar refractivity (Wildman–Crippen MR) is 125 cm³/mol. The molecule has 1 N–H and O–H groups in total. The van der Waals surface area contributed by atoms with Gasteiger partial charge in [0.15, 0.2) is 0 Å². The smallest absolute Gasteiger partial charge is 0.290 e. The van der Waals surface area contributed by atoms with Crippen LogP contribution in [0.15, 0.2) is 83.8 Å². The van der Waals surface area contributed by atoms with E-state index in [1.54, 1.807) is 18.0 Å². The molecule has 31 heavy (non-hydrogen) atoms. The molecule has 1 saturated heterocycles. The normalized spacial score (nSPS) is 14.5. The first kappa shape index (κ1) is 20.6. The number of hydrogen-bond acceptors (Lipinski definition) is 4. The molecule has 4 rings (SSSR count). The van der Waals surface area contributed by atoms with Crippen molar-refractivity contribution in [3.8, 4) is 11.1 Å². The fourth-order valence-corrected chi connectivity index (χ4v) is 3.95. The molecule has 0 radical (unpaired) electrons. The second-order valence-corrected chi connectivity index (χ2v) is 8.15. The van der Waals surface area contributed by atoms with E-state index in [-0.39, 0.29) is 17.1 Å². The Labute approximate surface area is 184 Å². The lowest BCUT2D eigenvalue weighted by molar-refractivity contribution is -0.117. The van der Waals surface area contributed by atoms with Gasteiger partial charge in [-0.25, -0.2) is 0 Å². The van der Waals surface area contributed by atoms with Crippen molar-refractivity contribution in [2.24, 2.45) is 0 Å². The van der Waals surface area contributed by atoms with E-state index in [9.17, 15) is 14.4 Å². The van der Waals surface area contributed by atoms with Crippen molar-refractivity contribution >= 4 is 40.6 Å². The van der Waals surface area contributed by atoms with Crippen molar-refractivity contribution in [3.05, 3.63) is 94.9 Å². The Bertz CT molecular complexity index is 1170. The van der Waals surface area contributed by atoms with Crippen LogP contribution in [0.2, 0.25) is 0 Å². The summed E-state index contributed by atoms with van der Waals surface area (Å²) in [5, 5.41) is 1.90. The van der Waals surface area contributed by atoms with Gasteiger partial charge in [0.2, 0.25) is 5.91 Å². The van der Waals surface area contributed by atoms with Crippen molar-refractivity contribution < 1.29 is 14.4 Å². The Hall–Kier alpha value is -3.64. The summed E-state index contributed by atoms with van der Waals surface area (Å²) in [6, 6.07) is 25.2. The fraction of sp³-hybridized carbons (Fsp3) is 0.0800. The summed E-state index contributed by atoms with van der Waals surface area (Å²) in [5.74, 6) is -0.345. The van der Waals surface area contributed by atoms with Crippen LogP contribution in [0.3, 0.4) is 0 Å². The molecule has 1 heterocycles. The van der Waals surface area contributed by atoms with E-state index >= 15 is 0 Å². The van der Waals surface area contributed by atoms with E-state index in [0.29, 0.717) is 11.3 Å². The number of carbonyl (C=O) groups excluding carboxylic acids is 3. The number of benzene rings is 3. The summed E-state index contributed by atoms with van der Waals surface area (Å²) in [4.78, 5) is 37.7. The molecule has 0 bridgehead atoms. The molecule has 0 saturated carbocycles. The fourth-order valence-electron chi connectivity index (χ4n) is 3.27. The lowest BCUT2D eigenvalue weighted by atomic mass is 10.0. The first-order valence-electron chi connectivity index (χ1n) is 9.75. The van der Waals surface area contributed by atoms with Gasteiger partial charge in [0.25, 0.3) is 11.1 Å². The molecule has 0 aliphatic carbocycles. The number of nitrogens with zero attached hydrogens (tertiary/aromatic N) is 1. The van der Waals surface area contributed by atoms with Gasteiger partial charge in [-0.1, -0.05) is 66.7 Å². The first-order chi connectivity index (χ1) is 15.0. The minimum Gasteiger partial charge on any atom is -0.315 e. The van der Waals surface area contributed by atoms with E-state index in [2.05, 4.69) is 5.32 Å². The first-order valence-corrected chi connectivity index (χ1v) is 10.6. The van der Waals surface area contributed by atoms with Gasteiger partial charge in [-0.3, -0.25) is 19.7 Å². The zero-order chi connectivity index (χ0) is 21.8. The molecule has 0 unspecified atom stereocenters. The van der Waals surface area contributed by atoms with Crippen LogP contribution in [0.5, 0.6) is 0 Å². The average Bonchev–Trinajstić information content (AvgIpc) is 3.11. The number of thioether (sulfide) groups is 1. The standard InChI is InChI=1S/C25H20N2O3S/c1-27(23(28)15-17-6-3-2-4-7-17)21-9-5-8-20(16-21)19-12-10-18(11-13-19)14-22-24(29)26-25(30)31-22/h2-14,16H,15H2,1H3,(H,26,29,30). The van der Waals surface area contributed by atoms with Crippen LogP contribution >= 0.6 is 11.8 Å². The maximum atomic E-state index is 12.7. The van der Waals surface area contributed by atoms with Crippen molar-refractivity contribution in [1.82, 2.24) is 5.32 Å². The van der Waals surface area contributed by atoms with Crippen LogP contribution in [0, 0.1) is 0 Å². The third-order valence-corrected chi connectivity index (χ3v) is 5.80. The number of imide groups is 1. The van der Waals surface area contributed by atoms with Gasteiger partial charge in [-0.05, 0) is 52.2 Å². The Morgan fingerprint density at radius 1 is 0.935 bits per heavy atom. The molecule has 0 aromatic heterocycles. The second-order valence-electron chi connectivity index (χ2n) is 7.14. The number of anilines is 1. The van der Waals surface area contributed by atoms with E-state index in [1.165, 1.54) is 0 Å². The zero-order valence-corrected chi connectivity index (χ0v) is 17.7. The Kier molecular flexibility index (Phi) is 6.00. The number of hydrogen-bond donors (Lipinski definition) is 1. The van der Waals surface area contributed by atoms with Crippen LogP contribution in [0.1, 0.15) is 11.1 Å². The topological polar surface area (TPSA) is 66.5 Å². The highest BCUT2D eigenvalue weighted by molar-refractivity contribution is 8.18. The van der Waals surface area contributed by atoms with Crippen molar-refractivity contribution in [1.29, 1.82) is 0 Å². The molecular formula is C25H20N2O3S. The number of likely N-dealkylation sites (N-methyl/N-ethyl adjacent to an activating group) is 1. The van der Waals surface area contributed by atoms with Crippen molar-refractivity contribution in [2.75, 3.05) is 11.9 Å². The van der Waals surface area contributed by atoms with Gasteiger partial charge in [0, 0.05) is 12.7 Å².